The summed E-state index contributed by atoms with van der Waals surface area (Å²) in [6.07, 6.45) is 1.37. The highest BCUT2D eigenvalue weighted by atomic mass is 16.7. The van der Waals surface area contributed by atoms with Gasteiger partial charge in [-0.25, -0.2) is 0 Å². The van der Waals surface area contributed by atoms with E-state index >= 15 is 0 Å². The Morgan fingerprint density at radius 2 is 2.19 bits per heavy atom. The SMILES string of the molecule is CC(CCc1ccc2c(c1)OCO2)C(=O)O. The lowest BCUT2D eigenvalue weighted by Gasteiger charge is -2.06. The molecule has 86 valence electrons. The number of fused-ring (bicyclic) bond motifs is 1. The molecule has 0 radical (unpaired) electrons. The van der Waals surface area contributed by atoms with Crippen molar-refractivity contribution in [2.75, 3.05) is 6.79 Å². The molecule has 4 heteroatoms. The summed E-state index contributed by atoms with van der Waals surface area (Å²) in [6.45, 7) is 1.99. The van der Waals surface area contributed by atoms with Crippen molar-refractivity contribution in [3.8, 4) is 11.5 Å². The van der Waals surface area contributed by atoms with Crippen LogP contribution < -0.4 is 9.47 Å². The molecule has 0 fully saturated rings. The van der Waals surface area contributed by atoms with Crippen LogP contribution in [0.4, 0.5) is 0 Å². The summed E-state index contributed by atoms with van der Waals surface area (Å²) in [7, 11) is 0. The second-order valence-corrected chi connectivity index (χ2v) is 3.97. The Morgan fingerprint density at radius 3 is 2.94 bits per heavy atom. The van der Waals surface area contributed by atoms with Gasteiger partial charge in [-0.05, 0) is 30.5 Å². The Kier molecular flexibility index (Phi) is 2.99. The minimum Gasteiger partial charge on any atom is -0.481 e. The maximum atomic E-state index is 10.7. The van der Waals surface area contributed by atoms with Crippen LogP contribution in [0.25, 0.3) is 0 Å². The second-order valence-electron chi connectivity index (χ2n) is 3.97. The number of aliphatic carboxylic acids is 1. The largest absolute Gasteiger partial charge is 0.481 e. The van der Waals surface area contributed by atoms with Crippen molar-refractivity contribution >= 4 is 5.97 Å². The quantitative estimate of drug-likeness (QED) is 0.847. The van der Waals surface area contributed by atoms with Crippen LogP contribution in [0.5, 0.6) is 11.5 Å². The number of carboxylic acids is 1. The van der Waals surface area contributed by atoms with Crippen molar-refractivity contribution in [1.29, 1.82) is 0 Å². The molecular formula is C12H14O4. The molecule has 1 heterocycles. The van der Waals surface area contributed by atoms with E-state index in [1.54, 1.807) is 6.92 Å². The molecular weight excluding hydrogens is 208 g/mol. The van der Waals surface area contributed by atoms with Gasteiger partial charge in [0.05, 0.1) is 5.92 Å². The maximum absolute atomic E-state index is 10.7. The van der Waals surface area contributed by atoms with Crippen molar-refractivity contribution in [2.24, 2.45) is 5.92 Å². The summed E-state index contributed by atoms with van der Waals surface area (Å²) in [5, 5.41) is 8.77. The lowest BCUT2D eigenvalue weighted by atomic mass is 10.0. The zero-order valence-electron chi connectivity index (χ0n) is 9.10. The summed E-state index contributed by atoms with van der Waals surface area (Å²) in [5.74, 6) is 0.446. The summed E-state index contributed by atoms with van der Waals surface area (Å²) in [6, 6.07) is 5.72. The number of hydrogen-bond acceptors (Lipinski definition) is 3. The minimum atomic E-state index is -0.749. The number of rotatable bonds is 4. The van der Waals surface area contributed by atoms with Gasteiger partial charge in [-0.3, -0.25) is 4.79 Å². The predicted molar refractivity (Wildman–Crippen MR) is 57.7 cm³/mol. The van der Waals surface area contributed by atoms with E-state index in [-0.39, 0.29) is 12.7 Å². The van der Waals surface area contributed by atoms with Gasteiger partial charge in [0.25, 0.3) is 0 Å². The van der Waals surface area contributed by atoms with Crippen LogP contribution in [-0.2, 0) is 11.2 Å². The van der Waals surface area contributed by atoms with Gasteiger partial charge >= 0.3 is 5.97 Å². The lowest BCUT2D eigenvalue weighted by Crippen LogP contribution is -2.10. The lowest BCUT2D eigenvalue weighted by molar-refractivity contribution is -0.141. The fraction of sp³-hybridized carbons (Fsp3) is 0.417. The molecule has 16 heavy (non-hydrogen) atoms. The first-order valence-corrected chi connectivity index (χ1v) is 5.28. The summed E-state index contributed by atoms with van der Waals surface area (Å²) in [4.78, 5) is 10.7. The zero-order valence-corrected chi connectivity index (χ0v) is 9.10. The smallest absolute Gasteiger partial charge is 0.306 e. The number of benzene rings is 1. The van der Waals surface area contributed by atoms with Crippen LogP contribution in [0.15, 0.2) is 18.2 Å². The Bertz CT molecular complexity index is 400. The Balaban J connectivity index is 1.98. The third kappa shape index (κ3) is 2.27. The molecule has 1 aromatic carbocycles. The molecule has 0 bridgehead atoms. The first-order valence-electron chi connectivity index (χ1n) is 5.28. The third-order valence-corrected chi connectivity index (χ3v) is 2.72. The Morgan fingerprint density at radius 1 is 1.44 bits per heavy atom. The molecule has 1 aliphatic heterocycles. The van der Waals surface area contributed by atoms with Crippen molar-refractivity contribution in [3.63, 3.8) is 0 Å². The van der Waals surface area contributed by atoms with Gasteiger partial charge in [-0.15, -0.1) is 0 Å². The molecule has 0 amide bonds. The van der Waals surface area contributed by atoms with E-state index in [9.17, 15) is 4.79 Å². The van der Waals surface area contributed by atoms with Gasteiger partial charge in [0.15, 0.2) is 11.5 Å². The normalized spacial score (nSPS) is 14.8. The van der Waals surface area contributed by atoms with Gasteiger partial charge in [0.2, 0.25) is 6.79 Å². The van der Waals surface area contributed by atoms with E-state index in [4.69, 9.17) is 14.6 Å². The molecule has 1 unspecified atom stereocenters. The van der Waals surface area contributed by atoms with E-state index in [0.29, 0.717) is 6.42 Å². The zero-order chi connectivity index (χ0) is 11.5. The maximum Gasteiger partial charge on any atom is 0.306 e. The number of ether oxygens (including phenoxy) is 2. The molecule has 1 aromatic rings. The van der Waals surface area contributed by atoms with Gasteiger partial charge in [0, 0.05) is 0 Å². The highest BCUT2D eigenvalue weighted by Gasteiger charge is 2.15. The fourth-order valence-corrected chi connectivity index (χ4v) is 1.60. The molecule has 1 atom stereocenters. The van der Waals surface area contributed by atoms with Crippen LogP contribution in [0.3, 0.4) is 0 Å². The van der Waals surface area contributed by atoms with Crippen LogP contribution >= 0.6 is 0 Å². The van der Waals surface area contributed by atoms with Crippen LogP contribution in [0.1, 0.15) is 18.9 Å². The van der Waals surface area contributed by atoms with Crippen molar-refractivity contribution in [3.05, 3.63) is 23.8 Å². The number of carboxylic acid groups (broad SMARTS) is 1. The average molecular weight is 222 g/mol. The van der Waals surface area contributed by atoms with Gasteiger partial charge in [-0.2, -0.15) is 0 Å². The van der Waals surface area contributed by atoms with Gasteiger partial charge in [-0.1, -0.05) is 13.0 Å². The standard InChI is InChI=1S/C12H14O4/c1-8(12(13)14)2-3-9-4-5-10-11(6-9)16-7-15-10/h4-6,8H,2-3,7H2,1H3,(H,13,14). The summed E-state index contributed by atoms with van der Waals surface area (Å²) in [5.41, 5.74) is 1.08. The number of aryl methyl sites for hydroxylation is 1. The van der Waals surface area contributed by atoms with E-state index in [1.165, 1.54) is 0 Å². The van der Waals surface area contributed by atoms with Crippen LogP contribution in [-0.4, -0.2) is 17.9 Å². The second kappa shape index (κ2) is 4.43. The molecule has 0 aromatic heterocycles. The van der Waals surface area contributed by atoms with Crippen LogP contribution in [0, 0.1) is 5.92 Å². The Hall–Kier alpha value is -1.71. The van der Waals surface area contributed by atoms with E-state index < -0.39 is 5.97 Å². The minimum absolute atomic E-state index is 0.268. The monoisotopic (exact) mass is 222 g/mol. The van der Waals surface area contributed by atoms with E-state index in [2.05, 4.69) is 0 Å². The fourth-order valence-electron chi connectivity index (χ4n) is 1.60. The molecule has 4 nitrogen and oxygen atoms in total. The van der Waals surface area contributed by atoms with E-state index in [1.807, 2.05) is 18.2 Å². The molecule has 1 aliphatic rings. The molecule has 2 rings (SSSR count). The number of carbonyl (C=O) groups is 1. The summed E-state index contributed by atoms with van der Waals surface area (Å²) >= 11 is 0. The highest BCUT2D eigenvalue weighted by molar-refractivity contribution is 5.69. The van der Waals surface area contributed by atoms with Gasteiger partial charge < -0.3 is 14.6 Å². The Labute approximate surface area is 93.8 Å². The molecule has 0 saturated heterocycles. The van der Waals surface area contributed by atoms with E-state index in [0.717, 1.165) is 23.5 Å². The van der Waals surface area contributed by atoms with Crippen molar-refractivity contribution < 1.29 is 19.4 Å². The van der Waals surface area contributed by atoms with Crippen molar-refractivity contribution in [1.82, 2.24) is 0 Å². The first kappa shape index (κ1) is 10.8. The van der Waals surface area contributed by atoms with Gasteiger partial charge in [0.1, 0.15) is 0 Å². The summed E-state index contributed by atoms with van der Waals surface area (Å²) < 4.78 is 10.5. The highest BCUT2D eigenvalue weighted by Crippen LogP contribution is 2.32. The van der Waals surface area contributed by atoms with Crippen LogP contribution in [0.2, 0.25) is 0 Å². The molecule has 0 saturated carbocycles. The first-order chi connectivity index (χ1) is 7.66. The predicted octanol–water partition coefficient (Wildman–Crippen LogP) is 2.07. The average Bonchev–Trinajstić information content (AvgIpc) is 2.72. The van der Waals surface area contributed by atoms with Crippen molar-refractivity contribution in [2.45, 2.75) is 19.8 Å². The molecule has 1 N–H and O–H groups in total. The molecule has 0 aliphatic carbocycles. The molecule has 0 spiro atoms. The number of hydrogen-bond donors (Lipinski definition) is 1. The topological polar surface area (TPSA) is 55.8 Å². The third-order valence-electron chi connectivity index (χ3n) is 2.72.